The Kier molecular flexibility index (Phi) is 2.95. The second-order valence-electron chi connectivity index (χ2n) is 4.70. The van der Waals surface area contributed by atoms with Gasteiger partial charge in [0.15, 0.2) is 0 Å². The van der Waals surface area contributed by atoms with Crippen LogP contribution in [0.3, 0.4) is 0 Å². The quantitative estimate of drug-likeness (QED) is 0.868. The third-order valence-corrected chi connectivity index (χ3v) is 3.58. The van der Waals surface area contributed by atoms with Crippen molar-refractivity contribution in [1.29, 1.82) is 0 Å². The minimum absolute atomic E-state index is 0.396. The standard InChI is InChI=1S/C15H17NO3/c1-18-14-10-5-3-4-6-11(10)15(19-2)13-12(14)7-9(17)8-16-13/h3-6,9,16-17H,7-8H2,1-2H3. The lowest BCUT2D eigenvalue weighted by molar-refractivity contribution is 0.183. The van der Waals surface area contributed by atoms with Crippen LogP contribution in [0.15, 0.2) is 24.3 Å². The molecule has 0 spiro atoms. The maximum atomic E-state index is 9.85. The average Bonchev–Trinajstić information content (AvgIpc) is 2.44. The van der Waals surface area contributed by atoms with Crippen molar-refractivity contribution in [2.45, 2.75) is 12.5 Å². The van der Waals surface area contributed by atoms with E-state index in [-0.39, 0.29) is 0 Å². The number of anilines is 1. The highest BCUT2D eigenvalue weighted by Gasteiger charge is 2.26. The number of methoxy groups -OCH3 is 2. The first-order valence-electron chi connectivity index (χ1n) is 6.33. The van der Waals surface area contributed by atoms with Gasteiger partial charge in [0.05, 0.1) is 26.0 Å². The van der Waals surface area contributed by atoms with Gasteiger partial charge in [0, 0.05) is 29.3 Å². The lowest BCUT2D eigenvalue weighted by atomic mass is 9.95. The predicted molar refractivity (Wildman–Crippen MR) is 75.3 cm³/mol. The summed E-state index contributed by atoms with van der Waals surface area (Å²) in [5.74, 6) is 1.64. The van der Waals surface area contributed by atoms with Crippen LogP contribution in [0.2, 0.25) is 0 Å². The number of fused-ring (bicyclic) bond motifs is 2. The van der Waals surface area contributed by atoms with Crippen LogP contribution >= 0.6 is 0 Å². The largest absolute Gasteiger partial charge is 0.496 e. The van der Waals surface area contributed by atoms with E-state index in [1.165, 1.54) is 0 Å². The normalized spacial score (nSPS) is 17.7. The molecule has 0 bridgehead atoms. The van der Waals surface area contributed by atoms with Crippen LogP contribution in [0.4, 0.5) is 5.69 Å². The van der Waals surface area contributed by atoms with Crippen molar-refractivity contribution in [2.24, 2.45) is 0 Å². The van der Waals surface area contributed by atoms with Crippen molar-refractivity contribution in [3.05, 3.63) is 29.8 Å². The first kappa shape index (κ1) is 12.1. The molecule has 4 nitrogen and oxygen atoms in total. The molecule has 4 heteroatoms. The van der Waals surface area contributed by atoms with Crippen LogP contribution in [0.5, 0.6) is 11.5 Å². The Labute approximate surface area is 112 Å². The SMILES string of the molecule is COc1c2c(c(OC)c3ccccc13)NCC(O)C2. The molecule has 0 fully saturated rings. The van der Waals surface area contributed by atoms with Crippen molar-refractivity contribution in [1.82, 2.24) is 0 Å². The highest BCUT2D eigenvalue weighted by atomic mass is 16.5. The topological polar surface area (TPSA) is 50.7 Å². The van der Waals surface area contributed by atoms with E-state index in [1.807, 2.05) is 24.3 Å². The van der Waals surface area contributed by atoms with Crippen LogP contribution in [0, 0.1) is 0 Å². The molecule has 0 saturated carbocycles. The van der Waals surface area contributed by atoms with Gasteiger partial charge in [0.2, 0.25) is 0 Å². The van der Waals surface area contributed by atoms with Crippen LogP contribution in [0.1, 0.15) is 5.56 Å². The first-order valence-corrected chi connectivity index (χ1v) is 6.33. The number of rotatable bonds is 2. The fourth-order valence-corrected chi connectivity index (χ4v) is 2.78. The summed E-state index contributed by atoms with van der Waals surface area (Å²) in [5.41, 5.74) is 1.92. The molecule has 1 heterocycles. The maximum Gasteiger partial charge on any atom is 0.150 e. The summed E-state index contributed by atoms with van der Waals surface area (Å²) in [6.45, 7) is 0.533. The van der Waals surface area contributed by atoms with E-state index in [4.69, 9.17) is 9.47 Å². The Hall–Kier alpha value is -1.94. The highest BCUT2D eigenvalue weighted by Crippen LogP contribution is 2.45. The predicted octanol–water partition coefficient (Wildman–Crippen LogP) is 2.19. The molecule has 100 valence electrons. The molecule has 2 N–H and O–H groups in total. The minimum Gasteiger partial charge on any atom is -0.496 e. The van der Waals surface area contributed by atoms with E-state index >= 15 is 0 Å². The van der Waals surface area contributed by atoms with E-state index in [0.29, 0.717) is 13.0 Å². The van der Waals surface area contributed by atoms with E-state index in [2.05, 4.69) is 5.32 Å². The monoisotopic (exact) mass is 259 g/mol. The molecule has 2 aromatic carbocycles. The first-order chi connectivity index (χ1) is 9.26. The zero-order chi connectivity index (χ0) is 13.4. The van der Waals surface area contributed by atoms with Crippen molar-refractivity contribution < 1.29 is 14.6 Å². The van der Waals surface area contributed by atoms with Crippen molar-refractivity contribution in [3.63, 3.8) is 0 Å². The molecule has 19 heavy (non-hydrogen) atoms. The molecule has 0 amide bonds. The molecular weight excluding hydrogens is 242 g/mol. The van der Waals surface area contributed by atoms with Gasteiger partial charge in [-0.05, 0) is 0 Å². The number of ether oxygens (including phenoxy) is 2. The smallest absolute Gasteiger partial charge is 0.150 e. The lowest BCUT2D eigenvalue weighted by Crippen LogP contribution is -2.28. The molecule has 0 aromatic heterocycles. The summed E-state index contributed by atoms with van der Waals surface area (Å²) < 4.78 is 11.1. The zero-order valence-electron chi connectivity index (χ0n) is 11.1. The molecule has 0 saturated heterocycles. The van der Waals surface area contributed by atoms with Gasteiger partial charge in [-0.2, -0.15) is 0 Å². The lowest BCUT2D eigenvalue weighted by Gasteiger charge is -2.27. The molecule has 1 aliphatic rings. The fourth-order valence-electron chi connectivity index (χ4n) is 2.78. The summed E-state index contributed by atoms with van der Waals surface area (Å²) in [4.78, 5) is 0. The molecule has 1 aliphatic heterocycles. The number of benzene rings is 2. The molecule has 0 aliphatic carbocycles. The van der Waals surface area contributed by atoms with Gasteiger partial charge in [-0.25, -0.2) is 0 Å². The van der Waals surface area contributed by atoms with Gasteiger partial charge in [-0.15, -0.1) is 0 Å². The van der Waals surface area contributed by atoms with Gasteiger partial charge in [0.1, 0.15) is 11.5 Å². The number of β-amino-alcohol motifs (C(OH)–C–C–N with tert-alkyl or cyclic N) is 1. The number of aliphatic hydroxyl groups is 1. The van der Waals surface area contributed by atoms with Gasteiger partial charge in [-0.1, -0.05) is 24.3 Å². The number of aliphatic hydroxyl groups excluding tert-OH is 1. The van der Waals surface area contributed by atoms with Gasteiger partial charge < -0.3 is 19.9 Å². The minimum atomic E-state index is -0.396. The van der Waals surface area contributed by atoms with E-state index < -0.39 is 6.10 Å². The van der Waals surface area contributed by atoms with Crippen LogP contribution < -0.4 is 14.8 Å². The summed E-state index contributed by atoms with van der Waals surface area (Å²) in [6.07, 6.45) is 0.180. The third kappa shape index (κ3) is 1.79. The Morgan fingerprint density at radius 1 is 1.11 bits per heavy atom. The van der Waals surface area contributed by atoms with E-state index in [0.717, 1.165) is 33.5 Å². The summed E-state index contributed by atoms with van der Waals surface area (Å²) >= 11 is 0. The van der Waals surface area contributed by atoms with Crippen molar-refractivity contribution in [3.8, 4) is 11.5 Å². The van der Waals surface area contributed by atoms with Crippen LogP contribution in [-0.4, -0.2) is 32.0 Å². The Balaban J connectivity index is 2.38. The Bertz CT molecular complexity index is 624. The summed E-state index contributed by atoms with van der Waals surface area (Å²) in [5, 5.41) is 15.1. The van der Waals surface area contributed by atoms with Crippen molar-refractivity contribution in [2.75, 3.05) is 26.1 Å². The maximum absolute atomic E-state index is 9.85. The summed E-state index contributed by atoms with van der Waals surface area (Å²) in [7, 11) is 3.33. The number of hydrogen-bond acceptors (Lipinski definition) is 4. The highest BCUT2D eigenvalue weighted by molar-refractivity contribution is 6.00. The molecule has 1 atom stereocenters. The summed E-state index contributed by atoms with van der Waals surface area (Å²) in [6, 6.07) is 7.99. The molecule has 0 radical (unpaired) electrons. The zero-order valence-corrected chi connectivity index (χ0v) is 11.1. The number of nitrogens with one attached hydrogen (secondary N) is 1. The average molecular weight is 259 g/mol. The fraction of sp³-hybridized carbons (Fsp3) is 0.333. The van der Waals surface area contributed by atoms with E-state index in [9.17, 15) is 5.11 Å². The van der Waals surface area contributed by atoms with Gasteiger partial charge in [0.25, 0.3) is 0 Å². The Morgan fingerprint density at radius 3 is 2.37 bits per heavy atom. The van der Waals surface area contributed by atoms with Gasteiger partial charge in [-0.3, -0.25) is 0 Å². The molecule has 1 unspecified atom stereocenters. The molecule has 3 rings (SSSR count). The third-order valence-electron chi connectivity index (χ3n) is 3.58. The second-order valence-corrected chi connectivity index (χ2v) is 4.70. The molecular formula is C15H17NO3. The number of hydrogen-bond donors (Lipinski definition) is 2. The van der Waals surface area contributed by atoms with Crippen molar-refractivity contribution >= 4 is 16.5 Å². The van der Waals surface area contributed by atoms with Gasteiger partial charge >= 0.3 is 0 Å². The van der Waals surface area contributed by atoms with Crippen LogP contribution in [-0.2, 0) is 6.42 Å². The Morgan fingerprint density at radius 2 is 1.74 bits per heavy atom. The second kappa shape index (κ2) is 4.63. The van der Waals surface area contributed by atoms with Crippen LogP contribution in [0.25, 0.3) is 10.8 Å². The molecule has 2 aromatic rings. The van der Waals surface area contributed by atoms with E-state index in [1.54, 1.807) is 14.2 Å².